The molecule has 152 valence electrons. The molecular formula is C23H21ClN4OS. The molecule has 2 aromatic carbocycles. The maximum atomic E-state index is 12.4. The number of thioether (sulfide) groups is 1. The summed E-state index contributed by atoms with van der Waals surface area (Å²) in [7, 11) is 3.99. The zero-order valence-corrected chi connectivity index (χ0v) is 18.2. The zero-order valence-electron chi connectivity index (χ0n) is 16.7. The number of amides is 1. The van der Waals surface area contributed by atoms with Crippen molar-refractivity contribution in [3.8, 4) is 0 Å². The van der Waals surface area contributed by atoms with Gasteiger partial charge in [-0.15, -0.1) is 0 Å². The zero-order chi connectivity index (χ0) is 21.1. The van der Waals surface area contributed by atoms with Crippen LogP contribution in [0.25, 0.3) is 17.0 Å². The lowest BCUT2D eigenvalue weighted by Crippen LogP contribution is -2.25. The number of nitrogens with one attached hydrogen (secondary N) is 1. The molecule has 1 saturated heterocycles. The number of rotatable bonds is 5. The average Bonchev–Trinajstić information content (AvgIpc) is 3.08. The van der Waals surface area contributed by atoms with Gasteiger partial charge in [0.25, 0.3) is 5.91 Å². The number of benzene rings is 2. The Kier molecular flexibility index (Phi) is 6.18. The molecule has 1 unspecified atom stereocenters. The first-order valence-electron chi connectivity index (χ1n) is 9.52. The Hall–Kier alpha value is -2.67. The lowest BCUT2D eigenvalue weighted by Gasteiger charge is -2.24. The van der Waals surface area contributed by atoms with Crippen LogP contribution in [0.15, 0.2) is 70.7 Å². The number of fused-ring (bicyclic) bond motifs is 1. The SMILES string of the molecule is CN(C)C(CN=C1NC(=O)C(=Cc2ccc3ncccc3c2)S1)c1ccccc1Cl. The fourth-order valence-corrected chi connectivity index (χ4v) is 4.38. The molecule has 0 radical (unpaired) electrons. The summed E-state index contributed by atoms with van der Waals surface area (Å²) in [6, 6.07) is 17.7. The third-order valence-electron chi connectivity index (χ3n) is 4.87. The van der Waals surface area contributed by atoms with Crippen LogP contribution in [0.5, 0.6) is 0 Å². The quantitative estimate of drug-likeness (QED) is 0.586. The normalized spacial score (nSPS) is 17.8. The van der Waals surface area contributed by atoms with Gasteiger partial charge in [0, 0.05) is 16.6 Å². The van der Waals surface area contributed by atoms with E-state index in [-0.39, 0.29) is 11.9 Å². The van der Waals surface area contributed by atoms with E-state index in [4.69, 9.17) is 11.6 Å². The molecule has 0 bridgehead atoms. The Morgan fingerprint density at radius 3 is 2.83 bits per heavy atom. The Labute approximate surface area is 184 Å². The monoisotopic (exact) mass is 436 g/mol. The fourth-order valence-electron chi connectivity index (χ4n) is 3.29. The molecule has 0 aliphatic carbocycles. The van der Waals surface area contributed by atoms with Crippen LogP contribution in [0, 0.1) is 0 Å². The fraction of sp³-hybridized carbons (Fsp3) is 0.174. The molecule has 1 aromatic heterocycles. The largest absolute Gasteiger partial charge is 0.301 e. The van der Waals surface area contributed by atoms with E-state index in [0.29, 0.717) is 21.6 Å². The van der Waals surface area contributed by atoms with Crippen molar-refractivity contribution < 1.29 is 4.79 Å². The lowest BCUT2D eigenvalue weighted by molar-refractivity contribution is -0.115. The topological polar surface area (TPSA) is 57.6 Å². The third-order valence-corrected chi connectivity index (χ3v) is 6.16. The number of aromatic nitrogens is 1. The van der Waals surface area contributed by atoms with Crippen molar-refractivity contribution in [2.24, 2.45) is 4.99 Å². The molecule has 0 spiro atoms. The van der Waals surface area contributed by atoms with Gasteiger partial charge < -0.3 is 10.2 Å². The van der Waals surface area contributed by atoms with Crippen LogP contribution in [-0.2, 0) is 4.79 Å². The smallest absolute Gasteiger partial charge is 0.264 e. The molecule has 1 fully saturated rings. The van der Waals surface area contributed by atoms with E-state index >= 15 is 0 Å². The summed E-state index contributed by atoms with van der Waals surface area (Å²) < 4.78 is 0. The van der Waals surface area contributed by atoms with E-state index in [9.17, 15) is 4.79 Å². The summed E-state index contributed by atoms with van der Waals surface area (Å²) in [5.74, 6) is -0.135. The Morgan fingerprint density at radius 2 is 2.03 bits per heavy atom. The van der Waals surface area contributed by atoms with Crippen molar-refractivity contribution in [2.45, 2.75) is 6.04 Å². The predicted octanol–water partition coefficient (Wildman–Crippen LogP) is 4.75. The van der Waals surface area contributed by atoms with Crippen LogP contribution in [0.2, 0.25) is 5.02 Å². The second kappa shape index (κ2) is 9.00. The molecule has 30 heavy (non-hydrogen) atoms. The molecule has 1 amide bonds. The number of halogens is 1. The van der Waals surface area contributed by atoms with Crippen LogP contribution in [-0.4, -0.2) is 41.6 Å². The highest BCUT2D eigenvalue weighted by Gasteiger charge is 2.25. The molecule has 1 aliphatic rings. The number of pyridine rings is 1. The van der Waals surface area contributed by atoms with Gasteiger partial charge in [-0.2, -0.15) is 0 Å². The molecule has 1 N–H and O–H groups in total. The van der Waals surface area contributed by atoms with E-state index < -0.39 is 0 Å². The van der Waals surface area contributed by atoms with Gasteiger partial charge in [-0.1, -0.05) is 41.9 Å². The van der Waals surface area contributed by atoms with Crippen LogP contribution >= 0.6 is 23.4 Å². The van der Waals surface area contributed by atoms with Gasteiger partial charge in [0.05, 0.1) is 23.0 Å². The van der Waals surface area contributed by atoms with Gasteiger partial charge in [0.1, 0.15) is 0 Å². The summed E-state index contributed by atoms with van der Waals surface area (Å²) in [6.07, 6.45) is 3.65. The maximum Gasteiger partial charge on any atom is 0.264 e. The van der Waals surface area contributed by atoms with Crippen molar-refractivity contribution in [3.05, 3.63) is 81.8 Å². The van der Waals surface area contributed by atoms with Crippen LogP contribution < -0.4 is 5.32 Å². The molecule has 4 rings (SSSR count). The Bertz CT molecular complexity index is 1160. The maximum absolute atomic E-state index is 12.4. The first kappa shape index (κ1) is 20.6. The van der Waals surface area contributed by atoms with Gasteiger partial charge in [0.2, 0.25) is 0 Å². The number of hydrogen-bond donors (Lipinski definition) is 1. The molecule has 3 aromatic rings. The summed E-state index contributed by atoms with van der Waals surface area (Å²) in [4.78, 5) is 24.1. The van der Waals surface area contributed by atoms with Crippen LogP contribution in [0.4, 0.5) is 0 Å². The van der Waals surface area contributed by atoms with E-state index in [1.807, 2.05) is 74.8 Å². The second-order valence-corrected chi connectivity index (χ2v) is 8.60. The highest BCUT2D eigenvalue weighted by atomic mass is 35.5. The number of carbonyl (C=O) groups excluding carboxylic acids is 1. The lowest BCUT2D eigenvalue weighted by atomic mass is 10.1. The van der Waals surface area contributed by atoms with Gasteiger partial charge in [-0.3, -0.25) is 14.8 Å². The van der Waals surface area contributed by atoms with E-state index in [1.165, 1.54) is 11.8 Å². The molecule has 1 atom stereocenters. The number of nitrogens with zero attached hydrogens (tertiary/aromatic N) is 3. The standard InChI is InChI=1S/C23H21ClN4OS/c1-28(2)20(17-7-3-4-8-18(17)24)14-26-23-27-22(29)21(30-23)13-15-9-10-19-16(12-15)6-5-11-25-19/h3-13,20H,14H2,1-2H3,(H,26,27,29). The van der Waals surface area contributed by atoms with Crippen LogP contribution in [0.1, 0.15) is 17.2 Å². The number of hydrogen-bond acceptors (Lipinski definition) is 5. The van der Waals surface area contributed by atoms with Crippen LogP contribution in [0.3, 0.4) is 0 Å². The molecule has 1 aliphatic heterocycles. The molecule has 2 heterocycles. The minimum Gasteiger partial charge on any atom is -0.301 e. The molecule has 5 nitrogen and oxygen atoms in total. The highest BCUT2D eigenvalue weighted by Crippen LogP contribution is 2.29. The first-order chi connectivity index (χ1) is 14.5. The van der Waals surface area contributed by atoms with Crippen molar-refractivity contribution in [1.29, 1.82) is 0 Å². The summed E-state index contributed by atoms with van der Waals surface area (Å²) in [5, 5.41) is 5.22. The molecular weight excluding hydrogens is 416 g/mol. The minimum atomic E-state index is -0.135. The van der Waals surface area contributed by atoms with Crippen molar-refractivity contribution in [2.75, 3.05) is 20.6 Å². The number of aliphatic imine (C=N–C) groups is 1. The summed E-state index contributed by atoms with van der Waals surface area (Å²) in [6.45, 7) is 0.494. The van der Waals surface area contributed by atoms with Gasteiger partial charge in [0.15, 0.2) is 5.17 Å². The van der Waals surface area contributed by atoms with Crippen molar-refractivity contribution in [3.63, 3.8) is 0 Å². The third kappa shape index (κ3) is 4.56. The van der Waals surface area contributed by atoms with Crippen molar-refractivity contribution in [1.82, 2.24) is 15.2 Å². The van der Waals surface area contributed by atoms with E-state index in [0.717, 1.165) is 22.0 Å². The van der Waals surface area contributed by atoms with Gasteiger partial charge >= 0.3 is 0 Å². The van der Waals surface area contributed by atoms with E-state index in [2.05, 4.69) is 20.2 Å². The minimum absolute atomic E-state index is 0.0183. The van der Waals surface area contributed by atoms with Gasteiger partial charge in [-0.05, 0) is 67.3 Å². The van der Waals surface area contributed by atoms with E-state index in [1.54, 1.807) is 6.20 Å². The number of carbonyl (C=O) groups is 1. The average molecular weight is 437 g/mol. The second-order valence-electron chi connectivity index (χ2n) is 7.17. The van der Waals surface area contributed by atoms with Crippen molar-refractivity contribution >= 4 is 51.4 Å². The number of amidine groups is 1. The Balaban J connectivity index is 1.52. The highest BCUT2D eigenvalue weighted by molar-refractivity contribution is 8.18. The summed E-state index contributed by atoms with van der Waals surface area (Å²) >= 11 is 7.73. The summed E-state index contributed by atoms with van der Waals surface area (Å²) in [5.41, 5.74) is 2.90. The Morgan fingerprint density at radius 1 is 1.20 bits per heavy atom. The first-order valence-corrected chi connectivity index (χ1v) is 10.7. The molecule has 7 heteroatoms. The van der Waals surface area contributed by atoms with Gasteiger partial charge in [-0.25, -0.2) is 0 Å². The number of likely N-dealkylation sites (N-methyl/N-ethyl adjacent to an activating group) is 1. The predicted molar refractivity (Wildman–Crippen MR) is 126 cm³/mol. The molecule has 0 saturated carbocycles.